The monoisotopic (exact) mass is 305 g/mol. The summed E-state index contributed by atoms with van der Waals surface area (Å²) in [6.07, 6.45) is 0.894. The summed E-state index contributed by atoms with van der Waals surface area (Å²) in [4.78, 5) is 34.4. The largest absolute Gasteiger partial charge is 0.463 e. The Morgan fingerprint density at radius 3 is 2.55 bits per heavy atom. The summed E-state index contributed by atoms with van der Waals surface area (Å²) >= 11 is 0. The normalized spacial score (nSPS) is 11.8. The number of carbonyl (C=O) groups is 3. The molecule has 0 bridgehead atoms. The number of hydrogen-bond donors (Lipinski definition) is 1. The average molecular weight is 305 g/mol. The van der Waals surface area contributed by atoms with Crippen LogP contribution < -0.4 is 5.32 Å². The van der Waals surface area contributed by atoms with Gasteiger partial charge in [0, 0.05) is 17.8 Å². The van der Waals surface area contributed by atoms with E-state index in [2.05, 4.69) is 10.1 Å². The van der Waals surface area contributed by atoms with Crippen molar-refractivity contribution in [2.24, 2.45) is 0 Å². The predicted molar refractivity (Wildman–Crippen MR) is 81.1 cm³/mol. The molecule has 1 N–H and O–H groups in total. The molecule has 0 aromatic heterocycles. The maximum absolute atomic E-state index is 11.9. The van der Waals surface area contributed by atoms with Crippen molar-refractivity contribution in [3.05, 3.63) is 42.0 Å². The fourth-order valence-corrected chi connectivity index (χ4v) is 1.56. The standard InChI is InChI=1S/C16H19NO5/c1-4-21-14(18)8-9-15(19)22-12(3)16(20)17-13-7-5-6-11(2)10-13/h5-10,12H,4H2,1-3H3,(H,17,20)/b9-8+/t12-/m1/s1. The Bertz CT molecular complexity index is 580. The molecule has 0 saturated heterocycles. The zero-order chi connectivity index (χ0) is 16.5. The molecule has 118 valence electrons. The fraction of sp³-hybridized carbons (Fsp3) is 0.312. The van der Waals surface area contributed by atoms with E-state index in [9.17, 15) is 14.4 Å². The van der Waals surface area contributed by atoms with Gasteiger partial charge in [0.05, 0.1) is 6.61 Å². The van der Waals surface area contributed by atoms with Crippen molar-refractivity contribution >= 4 is 23.5 Å². The predicted octanol–water partition coefficient (Wildman–Crippen LogP) is 1.98. The summed E-state index contributed by atoms with van der Waals surface area (Å²) in [5.74, 6) is -1.89. The number of hydrogen-bond acceptors (Lipinski definition) is 5. The fourth-order valence-electron chi connectivity index (χ4n) is 1.56. The number of anilines is 1. The first kappa shape index (κ1) is 17.4. The van der Waals surface area contributed by atoms with E-state index in [4.69, 9.17) is 4.74 Å². The Hall–Kier alpha value is -2.63. The van der Waals surface area contributed by atoms with Gasteiger partial charge in [-0.3, -0.25) is 4.79 Å². The highest BCUT2D eigenvalue weighted by Crippen LogP contribution is 2.10. The molecule has 0 fully saturated rings. The van der Waals surface area contributed by atoms with E-state index in [1.807, 2.05) is 19.1 Å². The highest BCUT2D eigenvalue weighted by atomic mass is 16.5. The second-order valence-electron chi connectivity index (χ2n) is 4.52. The topological polar surface area (TPSA) is 81.7 Å². The Morgan fingerprint density at radius 1 is 1.23 bits per heavy atom. The van der Waals surface area contributed by atoms with E-state index < -0.39 is 23.9 Å². The summed E-state index contributed by atoms with van der Waals surface area (Å²) in [6, 6.07) is 7.25. The van der Waals surface area contributed by atoms with Crippen molar-refractivity contribution in [3.63, 3.8) is 0 Å². The number of aryl methyl sites for hydroxylation is 1. The van der Waals surface area contributed by atoms with Crippen LogP contribution in [-0.4, -0.2) is 30.6 Å². The van der Waals surface area contributed by atoms with Crippen LogP contribution in [0.25, 0.3) is 0 Å². The molecular weight excluding hydrogens is 286 g/mol. The second-order valence-corrected chi connectivity index (χ2v) is 4.52. The maximum atomic E-state index is 11.9. The molecule has 0 spiro atoms. The van der Waals surface area contributed by atoms with Crippen molar-refractivity contribution in [1.82, 2.24) is 0 Å². The Morgan fingerprint density at radius 2 is 1.91 bits per heavy atom. The number of nitrogens with one attached hydrogen (secondary N) is 1. The van der Waals surface area contributed by atoms with Crippen LogP contribution in [-0.2, 0) is 23.9 Å². The quantitative estimate of drug-likeness (QED) is 0.642. The van der Waals surface area contributed by atoms with Gasteiger partial charge in [0.15, 0.2) is 6.10 Å². The lowest BCUT2D eigenvalue weighted by atomic mass is 10.2. The zero-order valence-electron chi connectivity index (χ0n) is 12.8. The van der Waals surface area contributed by atoms with Gasteiger partial charge >= 0.3 is 11.9 Å². The SMILES string of the molecule is CCOC(=O)/C=C/C(=O)O[C@H](C)C(=O)Nc1cccc(C)c1. The van der Waals surface area contributed by atoms with Gasteiger partial charge in [0.2, 0.25) is 0 Å². The molecule has 1 aromatic rings. The van der Waals surface area contributed by atoms with Crippen molar-refractivity contribution < 1.29 is 23.9 Å². The van der Waals surface area contributed by atoms with Crippen molar-refractivity contribution in [2.75, 3.05) is 11.9 Å². The summed E-state index contributed by atoms with van der Waals surface area (Å²) in [7, 11) is 0. The molecule has 1 atom stereocenters. The minimum Gasteiger partial charge on any atom is -0.463 e. The molecule has 0 saturated carbocycles. The number of benzene rings is 1. The second kappa shape index (κ2) is 8.61. The number of carbonyl (C=O) groups excluding carboxylic acids is 3. The van der Waals surface area contributed by atoms with Crippen LogP contribution in [0, 0.1) is 6.92 Å². The van der Waals surface area contributed by atoms with Crippen LogP contribution in [0.3, 0.4) is 0 Å². The smallest absolute Gasteiger partial charge is 0.331 e. The minimum absolute atomic E-state index is 0.216. The van der Waals surface area contributed by atoms with Gasteiger partial charge in [0.1, 0.15) is 0 Å². The average Bonchev–Trinajstić information content (AvgIpc) is 2.45. The molecule has 22 heavy (non-hydrogen) atoms. The first-order chi connectivity index (χ1) is 10.4. The van der Waals surface area contributed by atoms with E-state index in [1.54, 1.807) is 19.1 Å². The number of amides is 1. The van der Waals surface area contributed by atoms with Gasteiger partial charge in [-0.25, -0.2) is 9.59 Å². The highest BCUT2D eigenvalue weighted by molar-refractivity contribution is 5.97. The number of esters is 2. The molecule has 6 nitrogen and oxygen atoms in total. The Balaban J connectivity index is 2.50. The Kier molecular flexibility index (Phi) is 6.82. The lowest BCUT2D eigenvalue weighted by molar-refractivity contribution is -0.148. The lowest BCUT2D eigenvalue weighted by Crippen LogP contribution is -2.29. The van der Waals surface area contributed by atoms with Gasteiger partial charge in [-0.15, -0.1) is 0 Å². The van der Waals surface area contributed by atoms with Crippen LogP contribution in [0.4, 0.5) is 5.69 Å². The van der Waals surface area contributed by atoms with Crippen LogP contribution in [0.1, 0.15) is 19.4 Å². The lowest BCUT2D eigenvalue weighted by Gasteiger charge is -2.12. The third-order valence-electron chi connectivity index (χ3n) is 2.59. The first-order valence-electron chi connectivity index (χ1n) is 6.85. The molecule has 1 aromatic carbocycles. The first-order valence-corrected chi connectivity index (χ1v) is 6.85. The molecule has 0 unspecified atom stereocenters. The molecule has 0 radical (unpaired) electrons. The van der Waals surface area contributed by atoms with E-state index in [0.717, 1.165) is 17.7 Å². The number of rotatable bonds is 6. The molecule has 0 aliphatic rings. The third-order valence-corrected chi connectivity index (χ3v) is 2.59. The van der Waals surface area contributed by atoms with Gasteiger partial charge in [-0.2, -0.15) is 0 Å². The minimum atomic E-state index is -0.986. The molecule has 0 heterocycles. The van der Waals surface area contributed by atoms with Crippen LogP contribution in [0.2, 0.25) is 0 Å². The zero-order valence-corrected chi connectivity index (χ0v) is 12.8. The molecule has 0 aliphatic carbocycles. The van der Waals surface area contributed by atoms with E-state index in [0.29, 0.717) is 5.69 Å². The molecule has 6 heteroatoms. The Labute approximate surface area is 129 Å². The van der Waals surface area contributed by atoms with Crippen molar-refractivity contribution in [1.29, 1.82) is 0 Å². The summed E-state index contributed by atoms with van der Waals surface area (Å²) in [6.45, 7) is 5.22. The van der Waals surface area contributed by atoms with Crippen LogP contribution in [0.5, 0.6) is 0 Å². The third kappa shape index (κ3) is 6.21. The summed E-state index contributed by atoms with van der Waals surface area (Å²) in [5.41, 5.74) is 1.62. The van der Waals surface area contributed by atoms with Gasteiger partial charge in [-0.1, -0.05) is 12.1 Å². The summed E-state index contributed by atoms with van der Waals surface area (Å²) in [5, 5.41) is 2.64. The van der Waals surface area contributed by atoms with Gasteiger partial charge in [0.25, 0.3) is 5.91 Å². The van der Waals surface area contributed by atoms with Crippen LogP contribution >= 0.6 is 0 Å². The van der Waals surface area contributed by atoms with Gasteiger partial charge in [-0.05, 0) is 38.5 Å². The number of ether oxygens (including phenoxy) is 2. The summed E-state index contributed by atoms with van der Waals surface area (Å²) < 4.78 is 9.52. The maximum Gasteiger partial charge on any atom is 0.331 e. The highest BCUT2D eigenvalue weighted by Gasteiger charge is 2.16. The molecule has 0 aliphatic heterocycles. The van der Waals surface area contributed by atoms with Crippen molar-refractivity contribution in [3.8, 4) is 0 Å². The van der Waals surface area contributed by atoms with Crippen LogP contribution in [0.15, 0.2) is 36.4 Å². The van der Waals surface area contributed by atoms with Crippen molar-refractivity contribution in [2.45, 2.75) is 26.9 Å². The molecular formula is C16H19NO5. The molecule has 1 amide bonds. The molecule has 1 rings (SSSR count). The van der Waals surface area contributed by atoms with E-state index >= 15 is 0 Å². The van der Waals surface area contributed by atoms with E-state index in [1.165, 1.54) is 6.92 Å². The van der Waals surface area contributed by atoms with Gasteiger partial charge < -0.3 is 14.8 Å². The van der Waals surface area contributed by atoms with E-state index in [-0.39, 0.29) is 6.61 Å².